The van der Waals surface area contributed by atoms with Crippen molar-refractivity contribution in [2.24, 2.45) is 5.41 Å². The van der Waals surface area contributed by atoms with Crippen molar-refractivity contribution in [2.45, 2.75) is 38.7 Å². The molecule has 0 saturated heterocycles. The molecule has 3 aromatic rings. The minimum atomic E-state index is -1.05. The molecule has 10 nitrogen and oxygen atoms in total. The fraction of sp³-hybridized carbons (Fsp3) is 0.318. The quantitative estimate of drug-likeness (QED) is 0.462. The first-order valence-electron chi connectivity index (χ1n) is 10.4. The zero-order valence-corrected chi connectivity index (χ0v) is 18.0. The van der Waals surface area contributed by atoms with Gasteiger partial charge in [-0.25, -0.2) is 13.8 Å². The number of pyridine rings is 1. The van der Waals surface area contributed by atoms with E-state index < -0.39 is 28.9 Å². The van der Waals surface area contributed by atoms with Crippen molar-refractivity contribution in [1.29, 1.82) is 0 Å². The number of carbonyl (C=O) groups excluding carboxylic acids is 1. The van der Waals surface area contributed by atoms with Crippen molar-refractivity contribution in [2.75, 3.05) is 10.6 Å². The van der Waals surface area contributed by atoms with Gasteiger partial charge in [0.15, 0.2) is 11.6 Å². The number of halogens is 2. The fourth-order valence-electron chi connectivity index (χ4n) is 3.50. The second-order valence-electron chi connectivity index (χ2n) is 8.19. The van der Waals surface area contributed by atoms with Crippen LogP contribution in [0.25, 0.3) is 0 Å². The van der Waals surface area contributed by atoms with Gasteiger partial charge in [0.05, 0.1) is 17.3 Å². The summed E-state index contributed by atoms with van der Waals surface area (Å²) in [4.78, 5) is 27.9. The molecule has 2 heterocycles. The summed E-state index contributed by atoms with van der Waals surface area (Å²) in [7, 11) is 0. The Morgan fingerprint density at radius 1 is 1.12 bits per heavy atom. The van der Waals surface area contributed by atoms with Crippen LogP contribution >= 0.6 is 0 Å². The number of anilines is 3. The molecule has 1 aliphatic rings. The number of rotatable bonds is 7. The zero-order valence-electron chi connectivity index (χ0n) is 18.0. The summed E-state index contributed by atoms with van der Waals surface area (Å²) < 4.78 is 37.3. The van der Waals surface area contributed by atoms with Crippen molar-refractivity contribution in [3.8, 4) is 5.88 Å². The number of hydrogen-bond donors (Lipinski definition) is 3. The van der Waals surface area contributed by atoms with Crippen LogP contribution in [0.2, 0.25) is 0 Å². The average Bonchev–Trinajstić information content (AvgIpc) is 3.28. The molecule has 1 amide bonds. The van der Waals surface area contributed by atoms with Gasteiger partial charge in [0.25, 0.3) is 0 Å². The maximum absolute atomic E-state index is 13.3. The second-order valence-corrected chi connectivity index (χ2v) is 8.19. The highest BCUT2D eigenvalue weighted by atomic mass is 19.2. The number of nitrogens with one attached hydrogen (secondary N) is 2. The summed E-state index contributed by atoms with van der Waals surface area (Å²) in [5.41, 5.74) is -0.201. The molecule has 1 fully saturated rings. The number of ether oxygens (including phenoxy) is 1. The third-order valence-electron chi connectivity index (χ3n) is 5.62. The van der Waals surface area contributed by atoms with E-state index in [2.05, 4.69) is 25.8 Å². The maximum Gasteiger partial charge on any atom is 0.320 e. The second kappa shape index (κ2) is 9.41. The number of carboxylic acids is 1. The number of hydrogen-bond acceptors (Lipinski definition) is 8. The molecule has 0 radical (unpaired) electrons. The number of carboxylic acid groups (broad SMARTS) is 1. The monoisotopic (exact) mass is 473 g/mol. The number of benzene rings is 1. The van der Waals surface area contributed by atoms with Gasteiger partial charge in [-0.2, -0.15) is 0 Å². The van der Waals surface area contributed by atoms with E-state index in [1.54, 1.807) is 19.1 Å². The molecule has 0 atom stereocenters. The first-order valence-corrected chi connectivity index (χ1v) is 10.4. The van der Waals surface area contributed by atoms with E-state index in [-0.39, 0.29) is 23.7 Å². The first-order chi connectivity index (χ1) is 16.2. The van der Waals surface area contributed by atoms with Crippen LogP contribution in [0.4, 0.5) is 26.2 Å². The molecule has 1 saturated carbocycles. The molecular formula is C22H21F2N5O5. The largest absolute Gasteiger partial charge is 0.481 e. The lowest BCUT2D eigenvalue weighted by atomic mass is 9.75. The van der Waals surface area contributed by atoms with Gasteiger partial charge in [0, 0.05) is 17.8 Å². The summed E-state index contributed by atoms with van der Waals surface area (Å²) in [5, 5.41) is 21.7. The third-order valence-corrected chi connectivity index (χ3v) is 5.62. The summed E-state index contributed by atoms with van der Waals surface area (Å²) in [6.45, 7) is 1.74. The number of amides is 1. The molecule has 0 unspecified atom stereocenters. The number of carbonyl (C=O) groups is 2. The average molecular weight is 473 g/mol. The molecule has 0 bridgehead atoms. The Bertz CT molecular complexity index is 1190. The highest BCUT2D eigenvalue weighted by molar-refractivity contribution is 6.00. The van der Waals surface area contributed by atoms with Gasteiger partial charge in [0.1, 0.15) is 6.10 Å². The predicted molar refractivity (Wildman–Crippen MR) is 115 cm³/mol. The molecule has 3 N–H and O–H groups in total. The first kappa shape index (κ1) is 23.1. The topological polar surface area (TPSA) is 139 Å². The van der Waals surface area contributed by atoms with Gasteiger partial charge < -0.3 is 24.9 Å². The SMILES string of the molecule is C[C@]1(C(=O)O)CC[C@@H](Oc2ccc(NC(=O)c3nnc(Nc4ccc(F)c(F)c4)o3)cn2)CC1. The van der Waals surface area contributed by atoms with E-state index in [0.29, 0.717) is 37.3 Å². The van der Waals surface area contributed by atoms with Gasteiger partial charge in [0.2, 0.25) is 5.88 Å². The summed E-state index contributed by atoms with van der Waals surface area (Å²) in [6, 6.07) is 6.11. The Morgan fingerprint density at radius 3 is 2.50 bits per heavy atom. The van der Waals surface area contributed by atoms with Crippen molar-refractivity contribution in [3.63, 3.8) is 0 Å². The normalized spacial score (nSPS) is 19.9. The van der Waals surface area contributed by atoms with E-state index in [1.807, 2.05) is 0 Å². The standard InChI is InChI=1S/C22H21F2N5O5/c1-22(20(31)32)8-6-14(7-9-22)33-17-5-3-13(11-25-17)26-18(30)19-28-29-21(34-19)27-12-2-4-15(23)16(24)10-12/h2-5,10-11,14H,6-9H2,1H3,(H,26,30)(H,27,29)(H,31,32)/t14-,22+. The van der Waals surface area contributed by atoms with Gasteiger partial charge >= 0.3 is 23.8 Å². The zero-order chi connectivity index (χ0) is 24.3. The lowest BCUT2D eigenvalue weighted by Gasteiger charge is -2.33. The van der Waals surface area contributed by atoms with E-state index >= 15 is 0 Å². The van der Waals surface area contributed by atoms with Crippen LogP contribution in [0.3, 0.4) is 0 Å². The summed E-state index contributed by atoms with van der Waals surface area (Å²) >= 11 is 0. The van der Waals surface area contributed by atoms with Crippen LogP contribution < -0.4 is 15.4 Å². The molecule has 1 aromatic carbocycles. The van der Waals surface area contributed by atoms with E-state index in [1.165, 1.54) is 12.3 Å². The number of aromatic nitrogens is 3. The Balaban J connectivity index is 1.30. The Kier molecular flexibility index (Phi) is 6.39. The minimum Gasteiger partial charge on any atom is -0.481 e. The smallest absolute Gasteiger partial charge is 0.320 e. The molecule has 4 rings (SSSR count). The molecular weight excluding hydrogens is 452 g/mol. The summed E-state index contributed by atoms with van der Waals surface area (Å²) in [5.74, 6) is -3.53. The van der Waals surface area contributed by atoms with Gasteiger partial charge in [-0.15, -0.1) is 5.10 Å². The van der Waals surface area contributed by atoms with Crippen molar-refractivity contribution < 1.29 is 32.6 Å². The van der Waals surface area contributed by atoms with Crippen LogP contribution in [0, 0.1) is 17.0 Å². The van der Waals surface area contributed by atoms with Crippen LogP contribution in [-0.2, 0) is 4.79 Å². The molecule has 34 heavy (non-hydrogen) atoms. The van der Waals surface area contributed by atoms with Crippen LogP contribution in [-0.4, -0.2) is 38.3 Å². The number of aliphatic carboxylic acids is 1. The Morgan fingerprint density at radius 2 is 1.85 bits per heavy atom. The van der Waals surface area contributed by atoms with Crippen molar-refractivity contribution in [1.82, 2.24) is 15.2 Å². The Labute approximate surface area is 192 Å². The predicted octanol–water partition coefficient (Wildman–Crippen LogP) is 4.15. The van der Waals surface area contributed by atoms with Gasteiger partial charge in [-0.3, -0.25) is 9.59 Å². The molecule has 1 aliphatic carbocycles. The molecule has 178 valence electrons. The summed E-state index contributed by atoms with van der Waals surface area (Å²) in [6.07, 6.45) is 3.55. The van der Waals surface area contributed by atoms with Gasteiger partial charge in [-0.05, 0) is 50.8 Å². The number of nitrogens with zero attached hydrogens (tertiary/aromatic N) is 3. The fourth-order valence-corrected chi connectivity index (χ4v) is 3.50. The van der Waals surface area contributed by atoms with Crippen LogP contribution in [0.15, 0.2) is 40.9 Å². The van der Waals surface area contributed by atoms with Gasteiger partial charge in [-0.1, -0.05) is 5.10 Å². The van der Waals surface area contributed by atoms with Crippen LogP contribution in [0.1, 0.15) is 43.3 Å². The molecule has 0 aliphatic heterocycles. The van der Waals surface area contributed by atoms with Crippen molar-refractivity contribution in [3.05, 3.63) is 54.1 Å². The highest BCUT2D eigenvalue weighted by Crippen LogP contribution is 2.37. The van der Waals surface area contributed by atoms with E-state index in [9.17, 15) is 23.5 Å². The van der Waals surface area contributed by atoms with E-state index in [0.717, 1.165) is 12.1 Å². The molecule has 12 heteroatoms. The third kappa shape index (κ3) is 5.27. The molecule has 0 spiro atoms. The highest BCUT2D eigenvalue weighted by Gasteiger charge is 2.38. The Hall–Kier alpha value is -4.09. The molecule has 2 aromatic heterocycles. The van der Waals surface area contributed by atoms with E-state index in [4.69, 9.17) is 9.15 Å². The maximum atomic E-state index is 13.3. The lowest BCUT2D eigenvalue weighted by molar-refractivity contribution is -0.150. The minimum absolute atomic E-state index is 0.126. The lowest BCUT2D eigenvalue weighted by Crippen LogP contribution is -2.36. The van der Waals surface area contributed by atoms with Crippen LogP contribution in [0.5, 0.6) is 5.88 Å². The van der Waals surface area contributed by atoms with Crippen molar-refractivity contribution >= 4 is 29.3 Å².